The Balaban J connectivity index is 0.00000361. The number of unbranched alkanes of at least 4 members (excludes halogenated alkanes) is 3. The molecule has 114 valence electrons. The molecule has 0 spiro atoms. The number of amides is 1. The molecule has 1 aromatic rings. The van der Waals surface area contributed by atoms with Crippen LogP contribution in [0.25, 0.3) is 0 Å². The summed E-state index contributed by atoms with van der Waals surface area (Å²) in [7, 11) is 0. The summed E-state index contributed by atoms with van der Waals surface area (Å²) in [5.74, 6) is 0.134. The summed E-state index contributed by atoms with van der Waals surface area (Å²) < 4.78 is 1.07. The van der Waals surface area contributed by atoms with Crippen molar-refractivity contribution in [2.45, 2.75) is 45.6 Å². The summed E-state index contributed by atoms with van der Waals surface area (Å²) in [5.41, 5.74) is 7.78. The van der Waals surface area contributed by atoms with Crippen molar-refractivity contribution in [3.63, 3.8) is 0 Å². The van der Waals surface area contributed by atoms with Gasteiger partial charge in [0.05, 0.1) is 0 Å². The van der Waals surface area contributed by atoms with Gasteiger partial charge in [-0.3, -0.25) is 4.79 Å². The van der Waals surface area contributed by atoms with Crippen LogP contribution in [0.3, 0.4) is 0 Å². The Morgan fingerprint density at radius 1 is 1.25 bits per heavy atom. The van der Waals surface area contributed by atoms with E-state index >= 15 is 0 Å². The van der Waals surface area contributed by atoms with Gasteiger partial charge in [-0.05, 0) is 49.6 Å². The van der Waals surface area contributed by atoms with E-state index in [-0.39, 0.29) is 18.3 Å². The summed E-state index contributed by atoms with van der Waals surface area (Å²) in [5, 5.41) is 2.97. The zero-order valence-electron chi connectivity index (χ0n) is 12.0. The van der Waals surface area contributed by atoms with Crippen LogP contribution in [0.1, 0.15) is 43.2 Å². The molecule has 3 nitrogen and oxygen atoms in total. The Hall–Kier alpha value is -0.580. The van der Waals surface area contributed by atoms with E-state index in [9.17, 15) is 4.79 Å². The number of hydrogen-bond donors (Lipinski definition) is 2. The minimum atomic E-state index is 0. The number of rotatable bonds is 8. The zero-order valence-corrected chi connectivity index (χ0v) is 14.4. The van der Waals surface area contributed by atoms with Crippen LogP contribution < -0.4 is 11.1 Å². The third-order valence-corrected chi connectivity index (χ3v) is 3.63. The number of hydrogen-bond acceptors (Lipinski definition) is 2. The van der Waals surface area contributed by atoms with Crippen molar-refractivity contribution >= 4 is 34.2 Å². The molecule has 1 amide bonds. The highest BCUT2D eigenvalue weighted by Gasteiger charge is 2.03. The van der Waals surface area contributed by atoms with Crippen molar-refractivity contribution in [2.75, 3.05) is 6.54 Å². The smallest absolute Gasteiger partial charge is 0.220 e. The first kappa shape index (κ1) is 19.4. The SMILES string of the molecule is Cc1cc(Br)ccc1CNC(=O)CCCCCCN.Cl. The van der Waals surface area contributed by atoms with Gasteiger partial charge < -0.3 is 11.1 Å². The van der Waals surface area contributed by atoms with Crippen molar-refractivity contribution in [1.29, 1.82) is 0 Å². The Morgan fingerprint density at radius 3 is 2.60 bits per heavy atom. The Bertz CT molecular complexity index is 413. The average Bonchev–Trinajstić information content (AvgIpc) is 2.37. The van der Waals surface area contributed by atoms with E-state index < -0.39 is 0 Å². The first-order chi connectivity index (χ1) is 9.13. The van der Waals surface area contributed by atoms with Gasteiger partial charge in [-0.2, -0.15) is 0 Å². The molecule has 1 rings (SSSR count). The maximum absolute atomic E-state index is 11.7. The molecule has 5 heteroatoms. The quantitative estimate of drug-likeness (QED) is 0.692. The topological polar surface area (TPSA) is 55.1 Å². The van der Waals surface area contributed by atoms with Gasteiger partial charge in [0, 0.05) is 17.4 Å². The van der Waals surface area contributed by atoms with Crippen LogP contribution in [0.5, 0.6) is 0 Å². The molecule has 0 heterocycles. The predicted octanol–water partition coefficient (Wildman–Crippen LogP) is 3.70. The number of halogens is 2. The molecule has 1 aromatic carbocycles. The van der Waals surface area contributed by atoms with Crippen molar-refractivity contribution in [3.8, 4) is 0 Å². The van der Waals surface area contributed by atoms with Gasteiger partial charge in [-0.15, -0.1) is 12.4 Å². The number of nitrogens with one attached hydrogen (secondary N) is 1. The molecule has 0 aromatic heterocycles. The van der Waals surface area contributed by atoms with Gasteiger partial charge in [0.1, 0.15) is 0 Å². The number of benzene rings is 1. The minimum absolute atomic E-state index is 0. The first-order valence-electron chi connectivity index (χ1n) is 6.85. The maximum atomic E-state index is 11.7. The lowest BCUT2D eigenvalue weighted by molar-refractivity contribution is -0.121. The normalized spacial score (nSPS) is 9.95. The molecule has 0 aliphatic heterocycles. The number of carbonyl (C=O) groups is 1. The van der Waals surface area contributed by atoms with Crippen LogP contribution in [0.4, 0.5) is 0 Å². The van der Waals surface area contributed by atoms with Crippen molar-refractivity contribution < 1.29 is 4.79 Å². The Kier molecular flexibility index (Phi) is 10.8. The number of aryl methyl sites for hydroxylation is 1. The molecule has 0 unspecified atom stereocenters. The van der Waals surface area contributed by atoms with Crippen molar-refractivity contribution in [3.05, 3.63) is 33.8 Å². The van der Waals surface area contributed by atoms with E-state index in [0.717, 1.165) is 36.7 Å². The Labute approximate surface area is 136 Å². The van der Waals surface area contributed by atoms with Gasteiger partial charge in [-0.1, -0.05) is 34.8 Å². The molecule has 0 aliphatic carbocycles. The molecule has 0 atom stereocenters. The standard InChI is InChI=1S/C15H23BrN2O.ClH/c1-12-10-14(16)8-7-13(12)11-18-15(19)6-4-2-3-5-9-17;/h7-8,10H,2-6,9,11,17H2,1H3,(H,18,19);1H. The Morgan fingerprint density at radius 2 is 1.95 bits per heavy atom. The van der Waals surface area contributed by atoms with Crippen LogP contribution in [-0.2, 0) is 11.3 Å². The lowest BCUT2D eigenvalue weighted by Crippen LogP contribution is -2.22. The van der Waals surface area contributed by atoms with Gasteiger partial charge >= 0.3 is 0 Å². The molecule has 0 saturated carbocycles. The second kappa shape index (κ2) is 11.1. The van der Waals surface area contributed by atoms with Crippen molar-refractivity contribution in [2.24, 2.45) is 5.73 Å². The monoisotopic (exact) mass is 362 g/mol. The second-order valence-electron chi connectivity index (χ2n) is 4.80. The van der Waals surface area contributed by atoms with Gasteiger partial charge in [-0.25, -0.2) is 0 Å². The van der Waals surface area contributed by atoms with Crippen LogP contribution in [0.15, 0.2) is 22.7 Å². The molecule has 3 N–H and O–H groups in total. The number of carbonyl (C=O) groups excluding carboxylic acids is 1. The van der Waals surface area contributed by atoms with E-state index in [1.807, 2.05) is 12.1 Å². The molecule has 0 fully saturated rings. The molecule has 0 radical (unpaired) electrons. The fourth-order valence-electron chi connectivity index (χ4n) is 1.92. The summed E-state index contributed by atoms with van der Waals surface area (Å²) in [6.45, 7) is 3.41. The number of nitrogens with two attached hydrogens (primary N) is 1. The fraction of sp³-hybridized carbons (Fsp3) is 0.533. The van der Waals surface area contributed by atoms with Crippen LogP contribution >= 0.6 is 28.3 Å². The molecular weight excluding hydrogens is 340 g/mol. The van der Waals surface area contributed by atoms with E-state index in [1.54, 1.807) is 0 Å². The van der Waals surface area contributed by atoms with E-state index in [1.165, 1.54) is 11.1 Å². The highest BCUT2D eigenvalue weighted by atomic mass is 79.9. The van der Waals surface area contributed by atoms with E-state index in [2.05, 4.69) is 34.2 Å². The lowest BCUT2D eigenvalue weighted by Gasteiger charge is -2.08. The summed E-state index contributed by atoms with van der Waals surface area (Å²) in [4.78, 5) is 11.7. The lowest BCUT2D eigenvalue weighted by atomic mass is 10.1. The van der Waals surface area contributed by atoms with E-state index in [4.69, 9.17) is 5.73 Å². The fourth-order valence-corrected chi connectivity index (χ4v) is 2.40. The van der Waals surface area contributed by atoms with Crippen LogP contribution in [0, 0.1) is 6.92 Å². The molecule has 0 aliphatic rings. The largest absolute Gasteiger partial charge is 0.352 e. The first-order valence-corrected chi connectivity index (χ1v) is 7.64. The highest BCUT2D eigenvalue weighted by Crippen LogP contribution is 2.15. The molecular formula is C15H24BrClN2O. The van der Waals surface area contributed by atoms with Gasteiger partial charge in [0.15, 0.2) is 0 Å². The minimum Gasteiger partial charge on any atom is -0.352 e. The van der Waals surface area contributed by atoms with Crippen LogP contribution in [0.2, 0.25) is 0 Å². The van der Waals surface area contributed by atoms with Gasteiger partial charge in [0.2, 0.25) is 5.91 Å². The zero-order chi connectivity index (χ0) is 14.1. The second-order valence-corrected chi connectivity index (χ2v) is 5.72. The summed E-state index contributed by atoms with van der Waals surface area (Å²) in [6, 6.07) is 6.11. The predicted molar refractivity (Wildman–Crippen MR) is 90.1 cm³/mol. The molecule has 0 saturated heterocycles. The average molecular weight is 364 g/mol. The maximum Gasteiger partial charge on any atom is 0.220 e. The molecule has 20 heavy (non-hydrogen) atoms. The van der Waals surface area contributed by atoms with Crippen molar-refractivity contribution in [1.82, 2.24) is 5.32 Å². The van der Waals surface area contributed by atoms with Crippen LogP contribution in [-0.4, -0.2) is 12.5 Å². The highest BCUT2D eigenvalue weighted by molar-refractivity contribution is 9.10. The third-order valence-electron chi connectivity index (χ3n) is 3.14. The summed E-state index contributed by atoms with van der Waals surface area (Å²) >= 11 is 3.43. The summed E-state index contributed by atoms with van der Waals surface area (Å²) in [6.07, 6.45) is 4.82. The molecule has 0 bridgehead atoms. The van der Waals surface area contributed by atoms with E-state index in [0.29, 0.717) is 13.0 Å². The van der Waals surface area contributed by atoms with Gasteiger partial charge in [0.25, 0.3) is 0 Å². The third kappa shape index (κ3) is 7.88.